The summed E-state index contributed by atoms with van der Waals surface area (Å²) in [6, 6.07) is 10.5. The average molecular weight is 498 g/mol. The SMILES string of the molecule is CC(C)C(C)(C)S(=O)(=O)c1ccc(Nc2nn(C3(CC#N)CCCOC3)c3cc[nH]c(=O)c23)cc1. The van der Waals surface area contributed by atoms with Crippen LogP contribution in [0.15, 0.2) is 46.2 Å². The van der Waals surface area contributed by atoms with Crippen molar-refractivity contribution in [1.29, 1.82) is 5.26 Å². The van der Waals surface area contributed by atoms with E-state index in [9.17, 15) is 18.5 Å². The van der Waals surface area contributed by atoms with Crippen LogP contribution in [0.1, 0.15) is 47.0 Å². The molecule has 0 spiro atoms. The molecular weight excluding hydrogens is 466 g/mol. The van der Waals surface area contributed by atoms with Crippen molar-refractivity contribution in [3.8, 4) is 6.07 Å². The monoisotopic (exact) mass is 497 g/mol. The van der Waals surface area contributed by atoms with Gasteiger partial charge in [0.25, 0.3) is 5.56 Å². The number of anilines is 2. The van der Waals surface area contributed by atoms with Gasteiger partial charge in [0.15, 0.2) is 15.7 Å². The number of nitriles is 1. The van der Waals surface area contributed by atoms with Gasteiger partial charge in [0.05, 0.1) is 39.8 Å². The molecule has 186 valence electrons. The predicted octanol–water partition coefficient (Wildman–Crippen LogP) is 4.10. The third-order valence-corrected chi connectivity index (χ3v) is 10.0. The maximum Gasteiger partial charge on any atom is 0.261 e. The summed E-state index contributed by atoms with van der Waals surface area (Å²) >= 11 is 0. The van der Waals surface area contributed by atoms with Gasteiger partial charge in [-0.3, -0.25) is 9.48 Å². The lowest BCUT2D eigenvalue weighted by Crippen LogP contribution is -2.42. The van der Waals surface area contributed by atoms with Gasteiger partial charge in [-0.25, -0.2) is 8.42 Å². The van der Waals surface area contributed by atoms with E-state index in [1.165, 1.54) is 0 Å². The number of pyridine rings is 1. The summed E-state index contributed by atoms with van der Waals surface area (Å²) in [6.07, 6.45) is 3.26. The van der Waals surface area contributed by atoms with E-state index in [1.54, 1.807) is 55.1 Å². The number of nitrogens with one attached hydrogen (secondary N) is 2. The molecule has 0 bridgehead atoms. The number of benzene rings is 1. The van der Waals surface area contributed by atoms with Crippen molar-refractivity contribution < 1.29 is 13.2 Å². The molecule has 1 unspecified atom stereocenters. The number of hydrogen-bond acceptors (Lipinski definition) is 7. The molecule has 2 aromatic heterocycles. The van der Waals surface area contributed by atoms with Crippen molar-refractivity contribution in [1.82, 2.24) is 14.8 Å². The van der Waals surface area contributed by atoms with E-state index in [0.717, 1.165) is 6.42 Å². The van der Waals surface area contributed by atoms with E-state index in [1.807, 2.05) is 13.8 Å². The molecule has 2 N–H and O–H groups in total. The Morgan fingerprint density at radius 3 is 2.60 bits per heavy atom. The smallest absolute Gasteiger partial charge is 0.261 e. The maximum atomic E-state index is 13.1. The van der Waals surface area contributed by atoms with E-state index in [2.05, 4.69) is 16.4 Å². The molecule has 1 aliphatic rings. The molecule has 1 aliphatic heterocycles. The molecule has 10 heteroatoms. The maximum absolute atomic E-state index is 13.1. The molecule has 1 fully saturated rings. The fourth-order valence-electron chi connectivity index (χ4n) is 4.36. The summed E-state index contributed by atoms with van der Waals surface area (Å²) in [6.45, 7) is 8.21. The highest BCUT2D eigenvalue weighted by atomic mass is 32.2. The van der Waals surface area contributed by atoms with E-state index in [-0.39, 0.29) is 22.8 Å². The molecule has 1 aromatic carbocycles. The Morgan fingerprint density at radius 1 is 1.29 bits per heavy atom. The Labute approximate surface area is 205 Å². The van der Waals surface area contributed by atoms with Crippen LogP contribution in [0.25, 0.3) is 10.9 Å². The van der Waals surface area contributed by atoms with Crippen molar-refractivity contribution in [2.24, 2.45) is 5.92 Å². The minimum absolute atomic E-state index is 0.0585. The Bertz CT molecular complexity index is 1420. The first-order valence-electron chi connectivity index (χ1n) is 11.7. The second-order valence-electron chi connectivity index (χ2n) is 9.95. The molecule has 0 amide bonds. The van der Waals surface area contributed by atoms with Crippen LogP contribution in [-0.2, 0) is 20.1 Å². The van der Waals surface area contributed by atoms with Crippen molar-refractivity contribution in [2.45, 2.75) is 62.1 Å². The first-order chi connectivity index (χ1) is 16.5. The average Bonchev–Trinajstić information content (AvgIpc) is 3.20. The number of aromatic nitrogens is 3. The Morgan fingerprint density at radius 2 is 2.00 bits per heavy atom. The number of H-pyrrole nitrogens is 1. The van der Waals surface area contributed by atoms with E-state index < -0.39 is 20.1 Å². The fourth-order valence-corrected chi connectivity index (χ4v) is 6.08. The zero-order chi connectivity index (χ0) is 25.4. The van der Waals surface area contributed by atoms with Crippen LogP contribution in [-0.4, -0.2) is 41.1 Å². The molecule has 1 atom stereocenters. The van der Waals surface area contributed by atoms with Gasteiger partial charge in [-0.05, 0) is 62.9 Å². The standard InChI is InChI=1S/C25H31N5O4S/c1-17(2)24(3,4)35(32,33)19-8-6-18(7-9-19)28-22-21-20(10-14-27-23(21)31)30(29-22)25(12-13-26)11-5-15-34-16-25/h6-10,14,17H,5,11-12,15-16H2,1-4H3,(H,27,31)(H,28,29). The largest absolute Gasteiger partial charge is 0.379 e. The van der Waals surface area contributed by atoms with E-state index >= 15 is 0 Å². The third kappa shape index (κ3) is 4.23. The zero-order valence-corrected chi connectivity index (χ0v) is 21.3. The molecule has 35 heavy (non-hydrogen) atoms. The second-order valence-corrected chi connectivity index (χ2v) is 12.5. The molecule has 3 aromatic rings. The first kappa shape index (κ1) is 24.9. The summed E-state index contributed by atoms with van der Waals surface area (Å²) in [7, 11) is -3.54. The lowest BCUT2D eigenvalue weighted by atomic mass is 9.89. The molecule has 0 aliphatic carbocycles. The summed E-state index contributed by atoms with van der Waals surface area (Å²) < 4.78 is 32.8. The number of nitrogens with zero attached hydrogens (tertiary/aromatic N) is 3. The minimum Gasteiger partial charge on any atom is -0.379 e. The number of rotatable bonds is 7. The van der Waals surface area contributed by atoms with Gasteiger partial charge >= 0.3 is 0 Å². The number of ether oxygens (including phenoxy) is 1. The molecule has 4 rings (SSSR count). The van der Waals surface area contributed by atoms with Crippen LogP contribution in [0, 0.1) is 17.2 Å². The van der Waals surface area contributed by atoms with Crippen molar-refractivity contribution >= 4 is 32.2 Å². The van der Waals surface area contributed by atoms with Crippen LogP contribution in [0.5, 0.6) is 0 Å². The van der Waals surface area contributed by atoms with Crippen LogP contribution >= 0.6 is 0 Å². The molecule has 1 saturated heterocycles. The van der Waals surface area contributed by atoms with E-state index in [4.69, 9.17) is 9.84 Å². The van der Waals surface area contributed by atoms with Gasteiger partial charge in [0.2, 0.25) is 0 Å². The topological polar surface area (TPSA) is 130 Å². The summed E-state index contributed by atoms with van der Waals surface area (Å²) in [5.74, 6) is 0.278. The summed E-state index contributed by atoms with van der Waals surface area (Å²) in [4.78, 5) is 15.7. The number of aromatic amines is 1. The first-order valence-corrected chi connectivity index (χ1v) is 13.2. The summed E-state index contributed by atoms with van der Waals surface area (Å²) in [5, 5.41) is 17.8. The predicted molar refractivity (Wildman–Crippen MR) is 134 cm³/mol. The van der Waals surface area contributed by atoms with Gasteiger partial charge in [-0.1, -0.05) is 13.8 Å². The molecule has 9 nitrogen and oxygen atoms in total. The van der Waals surface area contributed by atoms with Gasteiger partial charge in [-0.2, -0.15) is 10.4 Å². The van der Waals surface area contributed by atoms with Crippen LogP contribution in [0.2, 0.25) is 0 Å². The quantitative estimate of drug-likeness (QED) is 0.503. The van der Waals surface area contributed by atoms with Gasteiger partial charge < -0.3 is 15.0 Å². The number of sulfone groups is 1. The van der Waals surface area contributed by atoms with Gasteiger partial charge in [0.1, 0.15) is 5.39 Å². The van der Waals surface area contributed by atoms with Crippen molar-refractivity contribution in [3.05, 3.63) is 46.9 Å². The van der Waals surface area contributed by atoms with Crippen molar-refractivity contribution in [2.75, 3.05) is 18.5 Å². The molecule has 0 radical (unpaired) electrons. The highest BCUT2D eigenvalue weighted by Crippen LogP contribution is 2.36. The zero-order valence-electron chi connectivity index (χ0n) is 20.5. The van der Waals surface area contributed by atoms with Gasteiger partial charge in [-0.15, -0.1) is 0 Å². The fraction of sp³-hybridized carbons (Fsp3) is 0.480. The van der Waals surface area contributed by atoms with Crippen LogP contribution < -0.4 is 10.9 Å². The van der Waals surface area contributed by atoms with Gasteiger partial charge in [0, 0.05) is 18.5 Å². The Kier molecular flexibility index (Phi) is 6.51. The lowest BCUT2D eigenvalue weighted by molar-refractivity contribution is -0.00174. The highest BCUT2D eigenvalue weighted by molar-refractivity contribution is 7.92. The lowest BCUT2D eigenvalue weighted by Gasteiger charge is -2.35. The van der Waals surface area contributed by atoms with Crippen LogP contribution in [0.4, 0.5) is 11.5 Å². The molecular formula is C25H31N5O4S. The van der Waals surface area contributed by atoms with Crippen LogP contribution in [0.3, 0.4) is 0 Å². The Balaban J connectivity index is 1.74. The normalized spacial score (nSPS) is 19.1. The minimum atomic E-state index is -3.54. The number of fused-ring (bicyclic) bond motifs is 1. The third-order valence-electron chi connectivity index (χ3n) is 7.27. The molecule has 0 saturated carbocycles. The van der Waals surface area contributed by atoms with Crippen molar-refractivity contribution in [3.63, 3.8) is 0 Å². The summed E-state index contributed by atoms with van der Waals surface area (Å²) in [5.41, 5.74) is 0.225. The highest BCUT2D eigenvalue weighted by Gasteiger charge is 2.39. The number of hydrogen-bond donors (Lipinski definition) is 2. The van der Waals surface area contributed by atoms with E-state index in [0.29, 0.717) is 42.0 Å². The molecule has 3 heterocycles. The Hall–Kier alpha value is -3.16. The second kappa shape index (κ2) is 9.13.